The minimum Gasteiger partial charge on any atom is -0.494 e. The van der Waals surface area contributed by atoms with Gasteiger partial charge in [0, 0.05) is 12.8 Å². The Bertz CT molecular complexity index is 989. The molecule has 9 nitrogen and oxygen atoms in total. The zero-order valence-electron chi connectivity index (χ0n) is 20.5. The second-order valence-corrected chi connectivity index (χ2v) is 8.90. The average molecular weight is 472 g/mol. The van der Waals surface area contributed by atoms with E-state index in [1.807, 2.05) is 27.7 Å². The Kier molecular flexibility index (Phi) is 7.74. The van der Waals surface area contributed by atoms with Crippen molar-refractivity contribution in [1.29, 1.82) is 0 Å². The Labute approximate surface area is 200 Å². The van der Waals surface area contributed by atoms with Gasteiger partial charge in [0.1, 0.15) is 23.5 Å². The molecule has 1 fully saturated rings. The molecule has 0 saturated carbocycles. The van der Waals surface area contributed by atoms with Crippen molar-refractivity contribution in [3.05, 3.63) is 24.3 Å². The lowest BCUT2D eigenvalue weighted by Crippen LogP contribution is -2.52. The molecule has 2 aliphatic rings. The number of esters is 1. The first-order chi connectivity index (χ1) is 16.2. The summed E-state index contributed by atoms with van der Waals surface area (Å²) in [5.41, 5.74) is -0.550. The van der Waals surface area contributed by atoms with Crippen LogP contribution in [-0.2, 0) is 23.9 Å². The maximum atomic E-state index is 13.7. The normalized spacial score (nSPS) is 21.3. The molecule has 1 aromatic rings. The molecule has 3 unspecified atom stereocenters. The molecule has 0 N–H and O–H groups in total. The Morgan fingerprint density at radius 3 is 2.29 bits per heavy atom. The molecule has 0 aromatic heterocycles. The number of benzene rings is 1. The number of imide groups is 1. The highest BCUT2D eigenvalue weighted by molar-refractivity contribution is 6.46. The lowest BCUT2D eigenvalue weighted by Gasteiger charge is -2.40. The van der Waals surface area contributed by atoms with E-state index < -0.39 is 35.3 Å². The number of carbonyl (C=O) groups excluding carboxylic acids is 4. The summed E-state index contributed by atoms with van der Waals surface area (Å²) in [6, 6.07) is 5.63. The van der Waals surface area contributed by atoms with Crippen LogP contribution >= 0.6 is 0 Å². The van der Waals surface area contributed by atoms with Gasteiger partial charge < -0.3 is 9.47 Å². The zero-order valence-corrected chi connectivity index (χ0v) is 20.5. The van der Waals surface area contributed by atoms with Crippen molar-refractivity contribution in [2.45, 2.75) is 71.4 Å². The maximum Gasteiger partial charge on any atom is 0.355 e. The summed E-state index contributed by atoms with van der Waals surface area (Å²) in [4.78, 5) is 53.4. The quantitative estimate of drug-likeness (QED) is 0.361. The Balaban J connectivity index is 2.03. The molecule has 2 aliphatic heterocycles. The van der Waals surface area contributed by atoms with Gasteiger partial charge in [-0.2, -0.15) is 5.10 Å². The topological polar surface area (TPSA) is 106 Å². The third-order valence-corrected chi connectivity index (χ3v) is 6.30. The second kappa shape index (κ2) is 10.4. The predicted molar refractivity (Wildman–Crippen MR) is 127 cm³/mol. The number of ketones is 1. The number of hydrogen-bond acceptors (Lipinski definition) is 8. The van der Waals surface area contributed by atoms with E-state index in [1.165, 1.54) is 12.1 Å². The number of ether oxygens (including phenoxy) is 2. The Morgan fingerprint density at radius 1 is 1.06 bits per heavy atom. The van der Waals surface area contributed by atoms with Gasteiger partial charge in [0.2, 0.25) is 5.91 Å². The van der Waals surface area contributed by atoms with E-state index >= 15 is 0 Å². The number of rotatable bonds is 11. The number of Topliss-reactive ketones (excluding diaryl/α,β-unsaturated/α-hetero) is 1. The van der Waals surface area contributed by atoms with Crippen LogP contribution in [0.2, 0.25) is 0 Å². The Morgan fingerprint density at radius 2 is 1.74 bits per heavy atom. The predicted octanol–water partition coefficient (Wildman–Crippen LogP) is 3.11. The molecule has 2 heterocycles. The van der Waals surface area contributed by atoms with Crippen LogP contribution in [0.15, 0.2) is 29.4 Å². The fourth-order valence-corrected chi connectivity index (χ4v) is 4.87. The second-order valence-electron chi connectivity index (χ2n) is 8.90. The standard InChI is InChI=1S/C25H33N3O6/c1-6-9-17(29)15-25(4,14-7-2)28-21-19(20(26-28)24(32)33-5)22(30)27(23(21)31)16-10-12-18(13-11-16)34-8-3/h10-13,19,21H,6-9,14-15H2,1-5H3. The maximum absolute atomic E-state index is 13.7. The van der Waals surface area contributed by atoms with Crippen molar-refractivity contribution in [3.63, 3.8) is 0 Å². The molecule has 0 bridgehead atoms. The van der Waals surface area contributed by atoms with Crippen LogP contribution in [0.4, 0.5) is 5.69 Å². The van der Waals surface area contributed by atoms with Gasteiger partial charge in [0.15, 0.2) is 5.71 Å². The number of hydrazone groups is 1. The first-order valence-electron chi connectivity index (χ1n) is 11.8. The zero-order chi connectivity index (χ0) is 25.0. The fraction of sp³-hybridized carbons (Fsp3) is 0.560. The summed E-state index contributed by atoms with van der Waals surface area (Å²) in [5.74, 6) is -2.20. The first-order valence-corrected chi connectivity index (χ1v) is 11.8. The largest absolute Gasteiger partial charge is 0.494 e. The van der Waals surface area contributed by atoms with Crippen LogP contribution in [0.25, 0.3) is 0 Å². The molecule has 2 amide bonds. The monoisotopic (exact) mass is 471 g/mol. The first kappa shape index (κ1) is 25.4. The van der Waals surface area contributed by atoms with Crippen molar-refractivity contribution in [1.82, 2.24) is 5.01 Å². The summed E-state index contributed by atoms with van der Waals surface area (Å²) in [6.07, 6.45) is 2.60. The van der Waals surface area contributed by atoms with Crippen LogP contribution in [0.3, 0.4) is 0 Å². The van der Waals surface area contributed by atoms with E-state index in [0.717, 1.165) is 11.3 Å². The van der Waals surface area contributed by atoms with Crippen molar-refractivity contribution < 1.29 is 28.7 Å². The number of nitrogens with zero attached hydrogens (tertiary/aromatic N) is 3. The number of methoxy groups -OCH3 is 1. The van der Waals surface area contributed by atoms with Gasteiger partial charge >= 0.3 is 5.97 Å². The lowest BCUT2D eigenvalue weighted by atomic mass is 9.86. The molecule has 0 aliphatic carbocycles. The summed E-state index contributed by atoms with van der Waals surface area (Å²) in [6.45, 7) is 8.13. The van der Waals surface area contributed by atoms with Crippen LogP contribution < -0.4 is 9.64 Å². The highest BCUT2D eigenvalue weighted by Gasteiger charge is 2.61. The van der Waals surface area contributed by atoms with Gasteiger partial charge in [-0.1, -0.05) is 20.3 Å². The van der Waals surface area contributed by atoms with Crippen molar-refractivity contribution in [2.24, 2.45) is 11.0 Å². The van der Waals surface area contributed by atoms with E-state index in [9.17, 15) is 19.2 Å². The van der Waals surface area contributed by atoms with E-state index in [1.54, 1.807) is 24.3 Å². The highest BCUT2D eigenvalue weighted by Crippen LogP contribution is 2.41. The molecular formula is C25H33N3O6. The van der Waals surface area contributed by atoms with Crippen LogP contribution in [0, 0.1) is 5.92 Å². The van der Waals surface area contributed by atoms with E-state index in [0.29, 0.717) is 37.3 Å². The van der Waals surface area contributed by atoms with Crippen molar-refractivity contribution in [2.75, 3.05) is 18.6 Å². The third kappa shape index (κ3) is 4.56. The number of anilines is 1. The summed E-state index contributed by atoms with van der Waals surface area (Å²) >= 11 is 0. The van der Waals surface area contributed by atoms with Gasteiger partial charge in [0.05, 0.1) is 24.9 Å². The smallest absolute Gasteiger partial charge is 0.355 e. The van der Waals surface area contributed by atoms with Gasteiger partial charge in [-0.15, -0.1) is 0 Å². The number of fused-ring (bicyclic) bond motifs is 1. The molecule has 0 spiro atoms. The van der Waals surface area contributed by atoms with E-state index in [-0.39, 0.29) is 17.9 Å². The summed E-state index contributed by atoms with van der Waals surface area (Å²) < 4.78 is 10.3. The minimum absolute atomic E-state index is 0.0526. The molecule has 184 valence electrons. The minimum atomic E-state index is -1.09. The Hall–Kier alpha value is -3.23. The van der Waals surface area contributed by atoms with Gasteiger partial charge in [-0.25, -0.2) is 9.69 Å². The van der Waals surface area contributed by atoms with Crippen LogP contribution in [0.1, 0.15) is 59.8 Å². The van der Waals surface area contributed by atoms with Gasteiger partial charge in [0.25, 0.3) is 5.91 Å². The molecule has 0 radical (unpaired) electrons. The molecule has 1 saturated heterocycles. The number of carbonyl (C=O) groups is 4. The molecular weight excluding hydrogens is 438 g/mol. The van der Waals surface area contributed by atoms with Crippen LogP contribution in [-0.4, -0.2) is 59.6 Å². The van der Waals surface area contributed by atoms with Crippen molar-refractivity contribution >= 4 is 35.0 Å². The number of amides is 2. The molecule has 1 aromatic carbocycles. The summed E-state index contributed by atoms with van der Waals surface area (Å²) in [7, 11) is 1.21. The third-order valence-electron chi connectivity index (χ3n) is 6.30. The average Bonchev–Trinajstić information content (AvgIpc) is 3.32. The van der Waals surface area contributed by atoms with E-state index in [2.05, 4.69) is 5.10 Å². The van der Waals surface area contributed by atoms with Crippen molar-refractivity contribution in [3.8, 4) is 5.75 Å². The summed E-state index contributed by atoms with van der Waals surface area (Å²) in [5, 5.41) is 5.97. The van der Waals surface area contributed by atoms with Crippen LogP contribution in [0.5, 0.6) is 5.75 Å². The SMILES string of the molecule is CCCC(=O)CC(C)(CCC)N1N=C(C(=O)OC)C2C(=O)N(c3ccc(OCC)cc3)C(=O)C21. The van der Waals surface area contributed by atoms with E-state index in [4.69, 9.17) is 9.47 Å². The van der Waals surface area contributed by atoms with Gasteiger partial charge in [-0.3, -0.25) is 19.4 Å². The molecule has 3 atom stereocenters. The lowest BCUT2D eigenvalue weighted by molar-refractivity contribution is -0.133. The number of hydrogen-bond donors (Lipinski definition) is 0. The highest BCUT2D eigenvalue weighted by atomic mass is 16.5. The molecule has 34 heavy (non-hydrogen) atoms. The van der Waals surface area contributed by atoms with Gasteiger partial charge in [-0.05, 0) is 51.0 Å². The molecule has 3 rings (SSSR count). The molecule has 9 heteroatoms. The fourth-order valence-electron chi connectivity index (χ4n) is 4.87.